The molecule has 1 N–H and O–H groups in total. The number of likely N-dealkylation sites (N-methyl/N-ethyl adjacent to an activating group) is 1. The van der Waals surface area contributed by atoms with Crippen LogP contribution in [-0.2, 0) is 22.6 Å². The quantitative estimate of drug-likeness (QED) is 0.858. The van der Waals surface area contributed by atoms with Gasteiger partial charge in [0.2, 0.25) is 11.8 Å². The van der Waals surface area contributed by atoms with Crippen molar-refractivity contribution in [1.29, 1.82) is 0 Å². The molecule has 2 amide bonds. The van der Waals surface area contributed by atoms with E-state index in [0.717, 1.165) is 0 Å². The van der Waals surface area contributed by atoms with E-state index in [2.05, 4.69) is 5.32 Å². The average Bonchev–Trinajstić information content (AvgIpc) is 2.61. The second-order valence-electron chi connectivity index (χ2n) is 5.67. The van der Waals surface area contributed by atoms with E-state index in [1.165, 1.54) is 18.0 Å². The fraction of sp³-hybridized carbons (Fsp3) is 0.263. The lowest BCUT2D eigenvalue weighted by atomic mass is 10.1. The molecular formula is C19H20ClFN2O2. The molecule has 1 atom stereocenters. The Morgan fingerprint density at radius 1 is 1.12 bits per heavy atom. The van der Waals surface area contributed by atoms with Gasteiger partial charge in [0.1, 0.15) is 11.9 Å². The Balaban J connectivity index is 2.27. The Hall–Kier alpha value is -2.40. The van der Waals surface area contributed by atoms with Crippen LogP contribution in [-0.4, -0.2) is 29.8 Å². The third kappa shape index (κ3) is 4.79. The Labute approximate surface area is 151 Å². The lowest BCUT2D eigenvalue weighted by Gasteiger charge is -2.28. The van der Waals surface area contributed by atoms with E-state index in [-0.39, 0.29) is 24.8 Å². The van der Waals surface area contributed by atoms with Gasteiger partial charge in [-0.15, -0.1) is 0 Å². The van der Waals surface area contributed by atoms with E-state index >= 15 is 0 Å². The summed E-state index contributed by atoms with van der Waals surface area (Å²) in [6.45, 7) is 1.62. The number of halogens is 2. The first kappa shape index (κ1) is 18.9. The van der Waals surface area contributed by atoms with Crippen molar-refractivity contribution in [1.82, 2.24) is 10.2 Å². The maximum atomic E-state index is 14.0. The van der Waals surface area contributed by atoms with Gasteiger partial charge < -0.3 is 10.2 Å². The summed E-state index contributed by atoms with van der Waals surface area (Å²) in [6, 6.07) is 12.5. The zero-order valence-corrected chi connectivity index (χ0v) is 14.9. The van der Waals surface area contributed by atoms with Crippen molar-refractivity contribution in [3.63, 3.8) is 0 Å². The summed E-state index contributed by atoms with van der Waals surface area (Å²) in [5, 5.41) is 3.00. The number of carbonyl (C=O) groups excluding carboxylic acids is 2. The third-order valence-corrected chi connectivity index (χ3v) is 4.38. The molecule has 0 bridgehead atoms. The SMILES string of the molecule is CNC(=O)[C@H](C)N(Cc1ccccc1F)C(=O)Cc1ccccc1Cl. The van der Waals surface area contributed by atoms with Crippen molar-refractivity contribution in [2.75, 3.05) is 7.05 Å². The zero-order chi connectivity index (χ0) is 18.4. The predicted octanol–water partition coefficient (Wildman–Crippen LogP) is 3.18. The summed E-state index contributed by atoms with van der Waals surface area (Å²) >= 11 is 6.12. The average molecular weight is 363 g/mol. The van der Waals surface area contributed by atoms with Gasteiger partial charge >= 0.3 is 0 Å². The number of hydrogen-bond donors (Lipinski definition) is 1. The van der Waals surface area contributed by atoms with Crippen LogP contribution in [0.5, 0.6) is 0 Å². The van der Waals surface area contributed by atoms with Gasteiger partial charge in [-0.3, -0.25) is 9.59 Å². The molecule has 0 heterocycles. The summed E-state index contributed by atoms with van der Waals surface area (Å²) in [6.07, 6.45) is 0.0372. The second-order valence-corrected chi connectivity index (χ2v) is 6.08. The summed E-state index contributed by atoms with van der Waals surface area (Å²) in [7, 11) is 1.50. The minimum Gasteiger partial charge on any atom is -0.357 e. The zero-order valence-electron chi connectivity index (χ0n) is 14.1. The molecule has 0 aromatic heterocycles. The molecule has 132 valence electrons. The molecule has 2 aromatic rings. The van der Waals surface area contributed by atoms with Crippen LogP contribution in [0.4, 0.5) is 4.39 Å². The minimum atomic E-state index is -0.736. The van der Waals surface area contributed by atoms with Crippen LogP contribution < -0.4 is 5.32 Å². The molecule has 0 fully saturated rings. The van der Waals surface area contributed by atoms with Crippen LogP contribution in [0.15, 0.2) is 48.5 Å². The highest BCUT2D eigenvalue weighted by Crippen LogP contribution is 2.19. The van der Waals surface area contributed by atoms with Crippen molar-refractivity contribution in [3.8, 4) is 0 Å². The Kier molecular flexibility index (Phi) is 6.53. The van der Waals surface area contributed by atoms with Gasteiger partial charge in [0.05, 0.1) is 6.42 Å². The Morgan fingerprint density at radius 3 is 2.32 bits per heavy atom. The lowest BCUT2D eigenvalue weighted by molar-refractivity contribution is -0.139. The maximum absolute atomic E-state index is 14.0. The van der Waals surface area contributed by atoms with Crippen LogP contribution in [0.25, 0.3) is 0 Å². The highest BCUT2D eigenvalue weighted by Gasteiger charge is 2.26. The van der Waals surface area contributed by atoms with Gasteiger partial charge in [-0.05, 0) is 24.6 Å². The third-order valence-electron chi connectivity index (χ3n) is 4.01. The summed E-state index contributed by atoms with van der Waals surface area (Å²) in [4.78, 5) is 26.2. The number of benzene rings is 2. The van der Waals surface area contributed by atoms with Crippen molar-refractivity contribution < 1.29 is 14.0 Å². The van der Waals surface area contributed by atoms with E-state index in [9.17, 15) is 14.0 Å². The Bertz CT molecular complexity index is 767. The molecule has 0 saturated heterocycles. The first-order valence-corrected chi connectivity index (χ1v) is 8.29. The molecule has 25 heavy (non-hydrogen) atoms. The monoisotopic (exact) mass is 362 g/mol. The molecule has 0 aliphatic rings. The molecule has 6 heteroatoms. The number of amides is 2. The number of carbonyl (C=O) groups is 2. The van der Waals surface area contributed by atoms with Gasteiger partial charge in [-0.25, -0.2) is 4.39 Å². The molecule has 2 rings (SSSR count). The normalized spacial score (nSPS) is 11.7. The maximum Gasteiger partial charge on any atom is 0.242 e. The van der Waals surface area contributed by atoms with Gasteiger partial charge in [0.25, 0.3) is 0 Å². The van der Waals surface area contributed by atoms with Gasteiger partial charge in [-0.2, -0.15) is 0 Å². The first-order chi connectivity index (χ1) is 11.9. The topological polar surface area (TPSA) is 49.4 Å². The molecule has 0 radical (unpaired) electrons. The smallest absolute Gasteiger partial charge is 0.242 e. The van der Waals surface area contributed by atoms with E-state index in [0.29, 0.717) is 16.1 Å². The van der Waals surface area contributed by atoms with E-state index in [4.69, 9.17) is 11.6 Å². The molecule has 0 aliphatic carbocycles. The lowest BCUT2D eigenvalue weighted by Crippen LogP contribution is -2.47. The van der Waals surface area contributed by atoms with E-state index < -0.39 is 11.9 Å². The van der Waals surface area contributed by atoms with Gasteiger partial charge in [0, 0.05) is 24.2 Å². The Morgan fingerprint density at radius 2 is 1.72 bits per heavy atom. The molecule has 0 spiro atoms. The van der Waals surface area contributed by atoms with Crippen LogP contribution in [0.1, 0.15) is 18.1 Å². The fourth-order valence-electron chi connectivity index (χ4n) is 2.51. The molecular weight excluding hydrogens is 343 g/mol. The van der Waals surface area contributed by atoms with Crippen molar-refractivity contribution in [3.05, 3.63) is 70.5 Å². The fourth-order valence-corrected chi connectivity index (χ4v) is 2.71. The minimum absolute atomic E-state index is 0.00451. The number of rotatable bonds is 6. The summed E-state index contributed by atoms with van der Waals surface area (Å²) in [5.41, 5.74) is 1.02. The number of nitrogens with one attached hydrogen (secondary N) is 1. The van der Waals surface area contributed by atoms with Crippen LogP contribution in [0.2, 0.25) is 5.02 Å². The van der Waals surface area contributed by atoms with Crippen molar-refractivity contribution >= 4 is 23.4 Å². The van der Waals surface area contributed by atoms with E-state index in [1.54, 1.807) is 49.4 Å². The summed E-state index contributed by atoms with van der Waals surface area (Å²) in [5.74, 6) is -1.03. The van der Waals surface area contributed by atoms with E-state index in [1.807, 2.05) is 0 Å². The van der Waals surface area contributed by atoms with Crippen molar-refractivity contribution in [2.45, 2.75) is 25.9 Å². The highest BCUT2D eigenvalue weighted by atomic mass is 35.5. The summed E-state index contributed by atoms with van der Waals surface area (Å²) < 4.78 is 14.0. The molecule has 2 aromatic carbocycles. The number of hydrogen-bond acceptors (Lipinski definition) is 2. The standard InChI is InChI=1S/C19H20ClFN2O2/c1-13(19(25)22-2)23(12-15-8-4-6-10-17(15)21)18(24)11-14-7-3-5-9-16(14)20/h3-10,13H,11-12H2,1-2H3,(H,22,25)/t13-/m0/s1. The molecule has 0 unspecified atom stereocenters. The second kappa shape index (κ2) is 8.62. The highest BCUT2D eigenvalue weighted by molar-refractivity contribution is 6.31. The predicted molar refractivity (Wildman–Crippen MR) is 95.6 cm³/mol. The largest absolute Gasteiger partial charge is 0.357 e. The van der Waals surface area contributed by atoms with Crippen molar-refractivity contribution in [2.24, 2.45) is 0 Å². The van der Waals surface area contributed by atoms with Gasteiger partial charge in [0.15, 0.2) is 0 Å². The van der Waals surface area contributed by atoms with Crippen LogP contribution in [0, 0.1) is 5.82 Å². The molecule has 0 saturated carbocycles. The number of nitrogens with zero attached hydrogens (tertiary/aromatic N) is 1. The molecule has 0 aliphatic heterocycles. The van der Waals surface area contributed by atoms with Crippen LogP contribution >= 0.6 is 11.6 Å². The van der Waals surface area contributed by atoms with Gasteiger partial charge in [-0.1, -0.05) is 48.0 Å². The van der Waals surface area contributed by atoms with Crippen LogP contribution in [0.3, 0.4) is 0 Å². The first-order valence-electron chi connectivity index (χ1n) is 7.92. The molecule has 4 nitrogen and oxygen atoms in total.